The molecular weight excluding hydrogens is 258 g/mol. The van der Waals surface area contributed by atoms with Gasteiger partial charge in [0.25, 0.3) is 0 Å². The van der Waals surface area contributed by atoms with Crippen molar-refractivity contribution in [2.24, 2.45) is 0 Å². The van der Waals surface area contributed by atoms with Crippen LogP contribution in [0.5, 0.6) is 0 Å². The first-order valence-corrected chi connectivity index (χ1v) is 6.37. The first kappa shape index (κ1) is 13.3. The number of nitrogens with two attached hydrogens (primary N) is 1. The number of nitrogen functional groups attached to an aromatic ring is 1. The van der Waals surface area contributed by atoms with Gasteiger partial charge in [0.1, 0.15) is 17.3 Å². The molecule has 1 aromatic heterocycles. The molecule has 2 heterocycles. The van der Waals surface area contributed by atoms with Crippen molar-refractivity contribution in [1.82, 2.24) is 9.55 Å². The number of nitrogens with zero attached hydrogens (tertiary/aromatic N) is 2. The van der Waals surface area contributed by atoms with E-state index in [1.165, 1.54) is 10.8 Å². The number of rotatable bonds is 2. The van der Waals surface area contributed by atoms with E-state index in [1.807, 2.05) is 0 Å². The molecule has 0 amide bonds. The number of aliphatic hydroxyl groups excluding tert-OH is 3. The van der Waals surface area contributed by atoms with Crippen molar-refractivity contribution in [1.29, 1.82) is 0 Å². The Hall–Kier alpha value is -1.09. The van der Waals surface area contributed by atoms with E-state index < -0.39 is 28.5 Å². The molecule has 4 atom stereocenters. The van der Waals surface area contributed by atoms with E-state index in [2.05, 4.69) is 4.98 Å². The van der Waals surface area contributed by atoms with Crippen LogP contribution >= 0.6 is 11.8 Å². The summed E-state index contributed by atoms with van der Waals surface area (Å²) in [5, 5.41) is 27.5. The summed E-state index contributed by atoms with van der Waals surface area (Å²) in [6.07, 6.45) is -0.706. The lowest BCUT2D eigenvalue weighted by atomic mass is 10.1. The Labute approximate surface area is 107 Å². The number of anilines is 1. The molecule has 5 N–H and O–H groups in total. The number of aromatic nitrogens is 2. The standard InChI is InChI=1S/C10H15N3O4S/c1-4-2-13(10(17)12-8(4)11)9-7(16)6(15)5(3-14)18-9/h2,5-7,9,14-16H,3H2,1H3,(H2,11,12,17)/t5-,6+,7?,9-/m1/s1. The van der Waals surface area contributed by atoms with Crippen LogP contribution < -0.4 is 11.4 Å². The Morgan fingerprint density at radius 1 is 1.50 bits per heavy atom. The van der Waals surface area contributed by atoms with Crippen molar-refractivity contribution in [2.75, 3.05) is 12.3 Å². The average Bonchev–Trinajstić information content (AvgIpc) is 2.61. The molecule has 18 heavy (non-hydrogen) atoms. The maximum absolute atomic E-state index is 11.7. The molecule has 1 aliphatic rings. The molecule has 1 unspecified atom stereocenters. The highest BCUT2D eigenvalue weighted by Gasteiger charge is 2.43. The van der Waals surface area contributed by atoms with Crippen LogP contribution in [0.15, 0.2) is 11.0 Å². The molecule has 100 valence electrons. The topological polar surface area (TPSA) is 122 Å². The highest BCUT2D eigenvalue weighted by molar-refractivity contribution is 8.00. The molecule has 0 saturated carbocycles. The van der Waals surface area contributed by atoms with Crippen molar-refractivity contribution in [3.05, 3.63) is 22.2 Å². The van der Waals surface area contributed by atoms with E-state index in [4.69, 9.17) is 10.8 Å². The summed E-state index contributed by atoms with van der Waals surface area (Å²) in [5.74, 6) is 0.146. The van der Waals surface area contributed by atoms with E-state index in [9.17, 15) is 15.0 Å². The van der Waals surface area contributed by atoms with Gasteiger partial charge in [-0.15, -0.1) is 11.8 Å². The average molecular weight is 273 g/mol. The molecule has 1 saturated heterocycles. The van der Waals surface area contributed by atoms with Crippen LogP contribution in [0.2, 0.25) is 0 Å². The number of hydrogen-bond acceptors (Lipinski definition) is 7. The fourth-order valence-corrected chi connectivity index (χ4v) is 3.24. The molecule has 2 rings (SSSR count). The van der Waals surface area contributed by atoms with Gasteiger partial charge >= 0.3 is 5.69 Å². The Bertz CT molecular complexity index is 506. The molecule has 1 aliphatic heterocycles. The van der Waals surface area contributed by atoms with Crippen LogP contribution in [0, 0.1) is 6.92 Å². The van der Waals surface area contributed by atoms with Gasteiger partial charge in [0.05, 0.1) is 18.0 Å². The summed E-state index contributed by atoms with van der Waals surface area (Å²) in [6.45, 7) is 1.43. The fourth-order valence-electron chi connectivity index (χ4n) is 1.87. The van der Waals surface area contributed by atoms with Crippen molar-refractivity contribution in [3.63, 3.8) is 0 Å². The maximum atomic E-state index is 11.7. The van der Waals surface area contributed by atoms with Crippen LogP contribution in [0.1, 0.15) is 10.9 Å². The van der Waals surface area contributed by atoms with Crippen LogP contribution in [0.4, 0.5) is 5.82 Å². The largest absolute Gasteiger partial charge is 0.395 e. The molecule has 7 nitrogen and oxygen atoms in total. The predicted molar refractivity (Wildman–Crippen MR) is 67.2 cm³/mol. The number of hydrogen-bond donors (Lipinski definition) is 4. The second kappa shape index (κ2) is 4.88. The van der Waals surface area contributed by atoms with Crippen molar-refractivity contribution < 1.29 is 15.3 Å². The van der Waals surface area contributed by atoms with Gasteiger partial charge < -0.3 is 21.1 Å². The SMILES string of the molecule is Cc1cn([C@@H]2S[C@H](CO)[C@H](O)C2O)c(=O)nc1N. The summed E-state index contributed by atoms with van der Waals surface area (Å²) in [4.78, 5) is 15.4. The maximum Gasteiger partial charge on any atom is 0.350 e. The first-order valence-electron chi connectivity index (χ1n) is 5.43. The van der Waals surface area contributed by atoms with Crippen LogP contribution in [-0.2, 0) is 0 Å². The van der Waals surface area contributed by atoms with Gasteiger partial charge in [0.2, 0.25) is 0 Å². The molecule has 0 bridgehead atoms. The fraction of sp³-hybridized carbons (Fsp3) is 0.600. The summed E-state index contributed by atoms with van der Waals surface area (Å²) in [7, 11) is 0. The van der Waals surface area contributed by atoms with Gasteiger partial charge in [0.15, 0.2) is 0 Å². The molecule has 1 aromatic rings. The monoisotopic (exact) mass is 273 g/mol. The molecule has 8 heteroatoms. The number of aliphatic hydroxyl groups is 3. The van der Waals surface area contributed by atoms with E-state index >= 15 is 0 Å². The third-order valence-corrected chi connectivity index (χ3v) is 4.53. The highest BCUT2D eigenvalue weighted by Crippen LogP contribution is 2.40. The normalized spacial score (nSPS) is 31.8. The van der Waals surface area contributed by atoms with E-state index in [-0.39, 0.29) is 12.4 Å². The zero-order chi connectivity index (χ0) is 13.4. The Balaban J connectivity index is 2.39. The van der Waals surface area contributed by atoms with E-state index in [0.29, 0.717) is 5.56 Å². The van der Waals surface area contributed by atoms with Gasteiger partial charge in [-0.05, 0) is 6.92 Å². The third-order valence-electron chi connectivity index (χ3n) is 2.97. The zero-order valence-electron chi connectivity index (χ0n) is 9.72. The van der Waals surface area contributed by atoms with E-state index in [1.54, 1.807) is 6.92 Å². The molecule has 0 aromatic carbocycles. The Kier molecular flexibility index (Phi) is 3.62. The molecule has 0 spiro atoms. The van der Waals surface area contributed by atoms with Gasteiger partial charge in [-0.2, -0.15) is 4.98 Å². The third kappa shape index (κ3) is 2.12. The Morgan fingerprint density at radius 3 is 2.72 bits per heavy atom. The second-order valence-electron chi connectivity index (χ2n) is 4.23. The minimum Gasteiger partial charge on any atom is -0.395 e. The molecule has 0 aliphatic carbocycles. The summed E-state index contributed by atoms with van der Waals surface area (Å²) >= 11 is 1.14. The minimum absolute atomic E-state index is 0.146. The van der Waals surface area contributed by atoms with E-state index in [0.717, 1.165) is 11.8 Å². The lowest BCUT2D eigenvalue weighted by molar-refractivity contribution is 0.0101. The summed E-state index contributed by atoms with van der Waals surface area (Å²) < 4.78 is 1.24. The van der Waals surface area contributed by atoms with Crippen molar-refractivity contribution in [3.8, 4) is 0 Å². The first-order chi connectivity index (χ1) is 8.45. The second-order valence-corrected chi connectivity index (χ2v) is 5.59. The van der Waals surface area contributed by atoms with Crippen LogP contribution in [-0.4, -0.2) is 48.9 Å². The quantitative estimate of drug-likeness (QED) is 0.515. The summed E-state index contributed by atoms with van der Waals surface area (Å²) in [5.41, 5.74) is 5.55. The number of aryl methyl sites for hydroxylation is 1. The van der Waals surface area contributed by atoms with Crippen molar-refractivity contribution in [2.45, 2.75) is 29.8 Å². The minimum atomic E-state index is -1.13. The highest BCUT2D eigenvalue weighted by atomic mass is 32.2. The molecular formula is C10H15N3O4S. The van der Waals surface area contributed by atoms with Gasteiger partial charge in [-0.1, -0.05) is 0 Å². The van der Waals surface area contributed by atoms with Crippen molar-refractivity contribution >= 4 is 17.6 Å². The lowest BCUT2D eigenvalue weighted by Crippen LogP contribution is -2.36. The van der Waals surface area contributed by atoms with Crippen LogP contribution in [0.25, 0.3) is 0 Å². The Morgan fingerprint density at radius 2 is 2.17 bits per heavy atom. The van der Waals surface area contributed by atoms with Gasteiger partial charge in [0, 0.05) is 11.8 Å². The number of thioether (sulfide) groups is 1. The lowest BCUT2D eigenvalue weighted by Gasteiger charge is -2.18. The smallest absolute Gasteiger partial charge is 0.350 e. The summed E-state index contributed by atoms with van der Waals surface area (Å²) in [6, 6.07) is 0. The predicted octanol–water partition coefficient (Wildman–Crippen LogP) is -1.54. The van der Waals surface area contributed by atoms with Gasteiger partial charge in [-0.3, -0.25) is 4.57 Å². The zero-order valence-corrected chi connectivity index (χ0v) is 10.5. The molecule has 1 fully saturated rings. The van der Waals surface area contributed by atoms with Gasteiger partial charge in [-0.25, -0.2) is 4.79 Å². The molecule has 0 radical (unpaired) electrons. The van der Waals surface area contributed by atoms with Crippen LogP contribution in [0.3, 0.4) is 0 Å².